The maximum absolute atomic E-state index is 13.0. The number of ether oxygens (including phenoxy) is 2. The number of halogens is 2. The van der Waals surface area contributed by atoms with Gasteiger partial charge in [-0.05, 0) is 63.4 Å². The van der Waals surface area contributed by atoms with Crippen molar-refractivity contribution in [2.24, 2.45) is 0 Å². The molecular weight excluding hydrogens is 563 g/mol. The zero-order valence-corrected chi connectivity index (χ0v) is 25.9. The van der Waals surface area contributed by atoms with E-state index >= 15 is 0 Å². The predicted octanol–water partition coefficient (Wildman–Crippen LogP) is 6.17. The van der Waals surface area contributed by atoms with Crippen LogP contribution in [0.25, 0.3) is 0 Å². The molecule has 3 heterocycles. The van der Waals surface area contributed by atoms with E-state index in [-0.39, 0.29) is 17.9 Å². The van der Waals surface area contributed by atoms with Crippen LogP contribution in [0.2, 0.25) is 10.0 Å². The molecular formula is C31H40Cl2N4O4. The van der Waals surface area contributed by atoms with Crippen molar-refractivity contribution in [1.29, 1.82) is 0 Å². The van der Waals surface area contributed by atoms with Crippen molar-refractivity contribution in [2.45, 2.75) is 64.6 Å². The Morgan fingerprint density at radius 3 is 2.56 bits per heavy atom. The summed E-state index contributed by atoms with van der Waals surface area (Å²) in [7, 11) is 1.71. The molecule has 0 aliphatic carbocycles. The number of hydrogen-bond donors (Lipinski definition) is 0. The van der Waals surface area contributed by atoms with Crippen LogP contribution >= 0.6 is 23.2 Å². The van der Waals surface area contributed by atoms with Gasteiger partial charge in [0.1, 0.15) is 5.75 Å². The lowest BCUT2D eigenvalue weighted by Gasteiger charge is -2.36. The number of benzene rings is 2. The quantitative estimate of drug-likeness (QED) is 0.320. The number of piperazine rings is 1. The summed E-state index contributed by atoms with van der Waals surface area (Å²) in [6, 6.07) is 9.86. The van der Waals surface area contributed by atoms with Crippen LogP contribution in [0.5, 0.6) is 5.75 Å². The first-order chi connectivity index (χ1) is 19.7. The lowest BCUT2D eigenvalue weighted by atomic mass is 9.95. The lowest BCUT2D eigenvalue weighted by Crippen LogP contribution is -2.46. The van der Waals surface area contributed by atoms with Crippen LogP contribution in [0.1, 0.15) is 57.1 Å². The van der Waals surface area contributed by atoms with Gasteiger partial charge in [-0.3, -0.25) is 14.6 Å². The standard InChI is InChI=1S/C31H40Cl2N4O4/c1-20(2)34(4)31(39)41-30-21(3)27-25(12-10-22-11-13-26(38)37(30)29(22)27)40-19-6-5-14-35-15-17-36(18-16-35)24-9-7-8-23(32)28(24)33/h7-10,12,20-21,30H,5-6,11,13-19H2,1-4H3. The van der Waals surface area contributed by atoms with Crippen LogP contribution in [-0.4, -0.2) is 80.4 Å². The van der Waals surface area contributed by atoms with Crippen LogP contribution in [0.4, 0.5) is 16.2 Å². The molecule has 0 saturated carbocycles. The van der Waals surface area contributed by atoms with Crippen molar-refractivity contribution >= 4 is 46.6 Å². The number of anilines is 2. The normalized spacial score (nSPS) is 20.4. The summed E-state index contributed by atoms with van der Waals surface area (Å²) >= 11 is 12.6. The number of carbonyl (C=O) groups excluding carboxylic acids is 2. The summed E-state index contributed by atoms with van der Waals surface area (Å²) < 4.78 is 12.2. The number of carbonyl (C=O) groups is 2. The number of hydrogen-bond acceptors (Lipinski definition) is 6. The van der Waals surface area contributed by atoms with E-state index in [0.29, 0.717) is 29.5 Å². The highest BCUT2D eigenvalue weighted by atomic mass is 35.5. The van der Waals surface area contributed by atoms with E-state index < -0.39 is 12.3 Å². The first-order valence-electron chi connectivity index (χ1n) is 14.6. The van der Waals surface area contributed by atoms with Gasteiger partial charge in [0, 0.05) is 57.2 Å². The van der Waals surface area contributed by atoms with Crippen LogP contribution in [0, 0.1) is 0 Å². The molecule has 222 valence electrons. The molecule has 2 unspecified atom stereocenters. The Morgan fingerprint density at radius 1 is 1.07 bits per heavy atom. The van der Waals surface area contributed by atoms with Crippen LogP contribution in [0.3, 0.4) is 0 Å². The zero-order valence-electron chi connectivity index (χ0n) is 24.4. The number of nitrogens with zero attached hydrogens (tertiary/aromatic N) is 4. The van der Waals surface area contributed by atoms with Crippen molar-refractivity contribution in [3.8, 4) is 5.75 Å². The molecule has 8 nitrogen and oxygen atoms in total. The van der Waals surface area contributed by atoms with E-state index in [4.69, 9.17) is 32.7 Å². The van der Waals surface area contributed by atoms with E-state index in [1.54, 1.807) is 16.8 Å². The minimum atomic E-state index is -0.671. The van der Waals surface area contributed by atoms with Gasteiger partial charge in [0.15, 0.2) is 6.23 Å². The van der Waals surface area contributed by atoms with Gasteiger partial charge in [-0.15, -0.1) is 0 Å². The molecule has 2 amide bonds. The summed E-state index contributed by atoms with van der Waals surface area (Å²) in [6.45, 7) is 11.3. The molecule has 2 aromatic carbocycles. The van der Waals surface area contributed by atoms with Gasteiger partial charge in [-0.25, -0.2) is 4.79 Å². The predicted molar refractivity (Wildman–Crippen MR) is 164 cm³/mol. The van der Waals surface area contributed by atoms with Gasteiger partial charge in [0.2, 0.25) is 5.91 Å². The summed E-state index contributed by atoms with van der Waals surface area (Å²) in [4.78, 5) is 33.8. The zero-order chi connectivity index (χ0) is 29.3. The molecule has 3 aliphatic rings. The average molecular weight is 604 g/mol. The molecule has 0 N–H and O–H groups in total. The maximum Gasteiger partial charge on any atom is 0.411 e. The second-order valence-corrected chi connectivity index (χ2v) is 12.3. The Labute approximate surface area is 253 Å². The molecule has 0 radical (unpaired) electrons. The van der Waals surface area contributed by atoms with E-state index in [2.05, 4.69) is 15.9 Å². The third kappa shape index (κ3) is 6.11. The van der Waals surface area contributed by atoms with Crippen molar-refractivity contribution in [2.75, 3.05) is 56.2 Å². The summed E-state index contributed by atoms with van der Waals surface area (Å²) in [5, 5.41) is 1.22. The summed E-state index contributed by atoms with van der Waals surface area (Å²) in [6.07, 6.45) is 1.95. The van der Waals surface area contributed by atoms with Crippen LogP contribution in [0.15, 0.2) is 30.3 Å². The van der Waals surface area contributed by atoms with E-state index in [9.17, 15) is 9.59 Å². The Bertz CT molecular complexity index is 1280. The van der Waals surface area contributed by atoms with Gasteiger partial charge in [-0.2, -0.15) is 0 Å². The SMILES string of the molecule is CC1c2c(OCCCCN3CCN(c4cccc(Cl)c4Cl)CC3)ccc3c2N(C(=O)CC3)C1OC(=O)N(C)C(C)C. The monoisotopic (exact) mass is 602 g/mol. The van der Waals surface area contributed by atoms with Gasteiger partial charge in [-0.1, -0.05) is 42.3 Å². The van der Waals surface area contributed by atoms with Crippen LogP contribution in [-0.2, 0) is 16.0 Å². The Morgan fingerprint density at radius 2 is 1.83 bits per heavy atom. The first kappa shape index (κ1) is 29.8. The van der Waals surface area contributed by atoms with Gasteiger partial charge in [0.25, 0.3) is 0 Å². The van der Waals surface area contributed by atoms with Crippen LogP contribution < -0.4 is 14.5 Å². The number of amides is 2. The van der Waals surface area contributed by atoms with E-state index in [1.807, 2.05) is 45.0 Å². The molecule has 41 heavy (non-hydrogen) atoms. The topological polar surface area (TPSA) is 65.6 Å². The third-order valence-corrected chi connectivity index (χ3v) is 9.38. The Balaban J connectivity index is 1.15. The second kappa shape index (κ2) is 12.7. The van der Waals surface area contributed by atoms with Crippen molar-refractivity contribution in [3.63, 3.8) is 0 Å². The Hall–Kier alpha value is -2.68. The van der Waals surface area contributed by atoms with Gasteiger partial charge < -0.3 is 19.3 Å². The molecule has 0 aromatic heterocycles. The minimum Gasteiger partial charge on any atom is -0.493 e. The highest BCUT2D eigenvalue weighted by Crippen LogP contribution is 2.50. The lowest BCUT2D eigenvalue weighted by molar-refractivity contribution is -0.120. The fourth-order valence-electron chi connectivity index (χ4n) is 5.93. The average Bonchev–Trinajstić information content (AvgIpc) is 3.25. The maximum atomic E-state index is 13.0. The molecule has 2 aromatic rings. The van der Waals surface area contributed by atoms with Crippen molar-refractivity contribution in [1.82, 2.24) is 9.80 Å². The van der Waals surface area contributed by atoms with Crippen molar-refractivity contribution in [3.05, 3.63) is 51.5 Å². The highest BCUT2D eigenvalue weighted by Gasteiger charge is 2.47. The first-order valence-corrected chi connectivity index (χ1v) is 15.4. The fraction of sp³-hybridized carbons (Fsp3) is 0.548. The third-order valence-electron chi connectivity index (χ3n) is 8.57. The minimum absolute atomic E-state index is 0.00146. The molecule has 1 saturated heterocycles. The van der Waals surface area contributed by atoms with Gasteiger partial charge in [0.05, 0.1) is 28.0 Å². The molecule has 10 heteroatoms. The van der Waals surface area contributed by atoms with E-state index in [0.717, 1.165) is 73.8 Å². The number of unbranched alkanes of at least 4 members (excludes halogenated alkanes) is 1. The number of aryl methyl sites for hydroxylation is 1. The van der Waals surface area contributed by atoms with E-state index in [1.165, 1.54) is 0 Å². The molecule has 0 bridgehead atoms. The number of rotatable bonds is 9. The molecule has 0 spiro atoms. The summed E-state index contributed by atoms with van der Waals surface area (Å²) in [5.41, 5.74) is 3.95. The fourth-order valence-corrected chi connectivity index (χ4v) is 6.34. The van der Waals surface area contributed by atoms with Crippen molar-refractivity contribution < 1.29 is 19.1 Å². The second-order valence-electron chi connectivity index (χ2n) is 11.5. The largest absolute Gasteiger partial charge is 0.493 e. The smallest absolute Gasteiger partial charge is 0.411 e. The molecule has 5 rings (SSSR count). The molecule has 1 fully saturated rings. The highest BCUT2D eigenvalue weighted by molar-refractivity contribution is 6.43. The molecule has 2 atom stereocenters. The summed E-state index contributed by atoms with van der Waals surface area (Å²) in [5.74, 6) is 0.581. The van der Waals surface area contributed by atoms with Gasteiger partial charge >= 0.3 is 6.09 Å². The Kier molecular flexibility index (Phi) is 9.21. The molecule has 3 aliphatic heterocycles.